The molecule has 0 amide bonds. The summed E-state index contributed by atoms with van der Waals surface area (Å²) in [5.74, 6) is -0.786. The minimum atomic E-state index is -0.786. The van der Waals surface area contributed by atoms with Crippen LogP contribution in [0.25, 0.3) is 0 Å². The van der Waals surface area contributed by atoms with Gasteiger partial charge in [0.15, 0.2) is 0 Å². The minimum absolute atomic E-state index is 0. The van der Waals surface area contributed by atoms with Gasteiger partial charge in [-0.25, -0.2) is 0 Å². The molecule has 0 atom stereocenters. The zero-order valence-corrected chi connectivity index (χ0v) is 10.2. The monoisotopic (exact) mass is 260 g/mol. The fourth-order valence-electron chi connectivity index (χ4n) is 0.770. The van der Waals surface area contributed by atoms with Gasteiger partial charge >= 0.3 is 30.4 Å². The number of carboxylic acid groups (broad SMARTS) is 1. The molecule has 0 bridgehead atoms. The predicted molar refractivity (Wildman–Crippen MR) is 47.7 cm³/mol. The average molecular weight is 261 g/mol. The number of aliphatic carboxylic acids is 1. The van der Waals surface area contributed by atoms with Crippen molar-refractivity contribution in [3.05, 3.63) is 35.9 Å². The third kappa shape index (κ3) is 4.05. The number of carboxylic acids is 1. The molecule has 2 nitrogen and oxygen atoms in total. The van der Waals surface area contributed by atoms with Crippen LogP contribution in [0.4, 0.5) is 0 Å². The van der Waals surface area contributed by atoms with Gasteiger partial charge in [0.2, 0.25) is 0 Å². The first-order chi connectivity index (χ1) is 4.79. The number of carbonyl (C=O) groups is 1. The Morgan fingerprint density at radius 3 is 2.27 bits per heavy atom. The van der Waals surface area contributed by atoms with Crippen LogP contribution in [0.5, 0.6) is 0 Å². The second kappa shape index (κ2) is 5.20. The summed E-state index contributed by atoms with van der Waals surface area (Å²) in [6.45, 7) is 0. The quantitative estimate of drug-likeness (QED) is 0.768. The van der Waals surface area contributed by atoms with E-state index in [0.717, 1.165) is 5.56 Å². The Bertz CT molecular complexity index is 221. The number of hydrogen-bond donors (Lipinski definition) is 1. The Balaban J connectivity index is 0.000001000. The van der Waals surface area contributed by atoms with Gasteiger partial charge in [-0.15, -0.1) is 0 Å². The molecule has 0 aromatic heterocycles. The Kier molecular flexibility index (Phi) is 4.96. The van der Waals surface area contributed by atoms with Crippen molar-refractivity contribution < 1.29 is 9.90 Å². The average Bonchev–Trinajstić information content (AvgIpc) is 1.88. The molecule has 0 saturated carbocycles. The molecule has 11 heavy (non-hydrogen) atoms. The van der Waals surface area contributed by atoms with Gasteiger partial charge in [0.25, 0.3) is 0 Å². The van der Waals surface area contributed by atoms with Crippen molar-refractivity contribution in [2.75, 3.05) is 0 Å². The number of hydrogen-bond acceptors (Lipinski definition) is 1. The Hall–Kier alpha value is -0.492. The van der Waals surface area contributed by atoms with Gasteiger partial charge < -0.3 is 5.11 Å². The van der Waals surface area contributed by atoms with E-state index in [1.54, 1.807) is 12.1 Å². The van der Waals surface area contributed by atoms with E-state index in [2.05, 4.69) is 0 Å². The second-order valence-corrected chi connectivity index (χ2v) is 2.06. The van der Waals surface area contributed by atoms with Crippen LogP contribution in [0, 0.1) is 0 Å². The third-order valence-electron chi connectivity index (χ3n) is 1.20. The molecule has 3 heteroatoms. The fourth-order valence-corrected chi connectivity index (χ4v) is 0.770. The SMILES string of the molecule is O=C(O)Cc1ccccc1.[SbH3]. The van der Waals surface area contributed by atoms with Crippen LogP contribution in [-0.4, -0.2) is 35.5 Å². The standard InChI is InChI=1S/C8H8O2.Sb.3H/c9-8(10)6-7-4-2-1-3-5-7;;;;/h1-5H,6H2,(H,9,10);;;;. The third-order valence-corrected chi connectivity index (χ3v) is 1.20. The van der Waals surface area contributed by atoms with Gasteiger partial charge in [0.05, 0.1) is 6.42 Å². The van der Waals surface area contributed by atoms with E-state index in [9.17, 15) is 4.79 Å². The number of rotatable bonds is 2. The molecule has 1 aromatic rings. The molecule has 0 spiro atoms. The summed E-state index contributed by atoms with van der Waals surface area (Å²) >= 11 is 0. The van der Waals surface area contributed by atoms with Crippen LogP contribution in [0.15, 0.2) is 30.3 Å². The molecule has 60 valence electrons. The summed E-state index contributed by atoms with van der Waals surface area (Å²) in [6, 6.07) is 9.13. The van der Waals surface area contributed by atoms with E-state index in [1.165, 1.54) is 0 Å². The molecule has 1 rings (SSSR count). The number of benzene rings is 1. The molecular weight excluding hydrogens is 250 g/mol. The Morgan fingerprint density at radius 1 is 1.27 bits per heavy atom. The van der Waals surface area contributed by atoms with Crippen LogP contribution >= 0.6 is 0 Å². The van der Waals surface area contributed by atoms with E-state index in [-0.39, 0.29) is 30.8 Å². The molecule has 0 fully saturated rings. The van der Waals surface area contributed by atoms with E-state index in [1.807, 2.05) is 18.2 Å². The summed E-state index contributed by atoms with van der Waals surface area (Å²) in [4.78, 5) is 10.2. The second-order valence-electron chi connectivity index (χ2n) is 2.06. The van der Waals surface area contributed by atoms with Gasteiger partial charge in [-0.2, -0.15) is 0 Å². The molecule has 0 unspecified atom stereocenters. The zero-order valence-electron chi connectivity index (χ0n) is 6.16. The molecule has 0 heterocycles. The van der Waals surface area contributed by atoms with Crippen LogP contribution in [0.1, 0.15) is 5.56 Å². The first-order valence-corrected chi connectivity index (χ1v) is 3.05. The van der Waals surface area contributed by atoms with E-state index < -0.39 is 5.97 Å². The zero-order chi connectivity index (χ0) is 7.40. The van der Waals surface area contributed by atoms with Crippen molar-refractivity contribution in [3.63, 3.8) is 0 Å². The van der Waals surface area contributed by atoms with Crippen LogP contribution in [-0.2, 0) is 11.2 Å². The maximum absolute atomic E-state index is 10.2. The summed E-state index contributed by atoms with van der Waals surface area (Å²) in [5.41, 5.74) is 0.843. The van der Waals surface area contributed by atoms with Crippen LogP contribution in [0.3, 0.4) is 0 Å². The summed E-state index contributed by atoms with van der Waals surface area (Å²) < 4.78 is 0. The molecular formula is C8H11O2Sb. The van der Waals surface area contributed by atoms with Crippen molar-refractivity contribution in [1.29, 1.82) is 0 Å². The van der Waals surface area contributed by atoms with Crippen molar-refractivity contribution >= 4 is 30.4 Å². The normalized spacial score (nSPS) is 8.36. The van der Waals surface area contributed by atoms with Gasteiger partial charge in [-0.05, 0) is 5.56 Å². The fraction of sp³-hybridized carbons (Fsp3) is 0.125. The topological polar surface area (TPSA) is 37.3 Å². The van der Waals surface area contributed by atoms with Gasteiger partial charge in [0, 0.05) is 0 Å². The van der Waals surface area contributed by atoms with E-state index >= 15 is 0 Å². The van der Waals surface area contributed by atoms with Crippen molar-refractivity contribution in [1.82, 2.24) is 0 Å². The Morgan fingerprint density at radius 2 is 1.82 bits per heavy atom. The summed E-state index contributed by atoms with van der Waals surface area (Å²) in [5, 5.41) is 8.37. The molecule has 1 aromatic carbocycles. The van der Waals surface area contributed by atoms with Crippen molar-refractivity contribution in [2.24, 2.45) is 0 Å². The van der Waals surface area contributed by atoms with Gasteiger partial charge in [0.1, 0.15) is 0 Å². The first kappa shape index (κ1) is 10.5. The van der Waals surface area contributed by atoms with Crippen molar-refractivity contribution in [2.45, 2.75) is 6.42 Å². The van der Waals surface area contributed by atoms with E-state index in [4.69, 9.17) is 5.11 Å². The van der Waals surface area contributed by atoms with E-state index in [0.29, 0.717) is 0 Å². The molecule has 0 aliphatic rings. The molecule has 0 saturated heterocycles. The molecule has 0 aliphatic carbocycles. The van der Waals surface area contributed by atoms with Crippen LogP contribution in [0.2, 0.25) is 0 Å². The predicted octanol–water partition coefficient (Wildman–Crippen LogP) is 0.130. The van der Waals surface area contributed by atoms with Gasteiger partial charge in [-0.3, -0.25) is 4.79 Å². The first-order valence-electron chi connectivity index (χ1n) is 3.05. The van der Waals surface area contributed by atoms with Gasteiger partial charge in [-0.1, -0.05) is 30.3 Å². The molecule has 0 radical (unpaired) electrons. The van der Waals surface area contributed by atoms with Crippen molar-refractivity contribution in [3.8, 4) is 0 Å². The molecule has 1 N–H and O–H groups in total. The maximum atomic E-state index is 10.2. The summed E-state index contributed by atoms with van der Waals surface area (Å²) in [7, 11) is 0. The molecule has 0 aliphatic heterocycles. The summed E-state index contributed by atoms with van der Waals surface area (Å²) in [6.07, 6.45) is 0.112. The Labute approximate surface area is 82.7 Å². The van der Waals surface area contributed by atoms with Crippen LogP contribution < -0.4 is 0 Å².